The van der Waals surface area contributed by atoms with Crippen LogP contribution in [-0.2, 0) is 0 Å². The topological polar surface area (TPSA) is 113 Å². The number of nitrogens with one attached hydrogen (secondary N) is 1. The van der Waals surface area contributed by atoms with Crippen molar-refractivity contribution in [2.24, 2.45) is 0 Å². The Morgan fingerprint density at radius 3 is 2.48 bits per heavy atom. The number of carboxylic acids is 1. The van der Waals surface area contributed by atoms with Crippen LogP contribution in [0.5, 0.6) is 5.75 Å². The molecule has 0 atom stereocenters. The first kappa shape index (κ1) is 14.7. The first-order valence-electron chi connectivity index (χ1n) is 5.81. The Labute approximate surface area is 124 Å². The van der Waals surface area contributed by atoms with E-state index in [4.69, 9.17) is 22.4 Å². The van der Waals surface area contributed by atoms with Gasteiger partial charge in [0.25, 0.3) is 5.91 Å². The Hall–Kier alpha value is -2.73. The molecule has 0 aliphatic rings. The van der Waals surface area contributed by atoms with Gasteiger partial charge < -0.3 is 21.3 Å². The molecule has 2 aromatic carbocycles. The van der Waals surface area contributed by atoms with Crippen LogP contribution in [0.1, 0.15) is 20.7 Å². The van der Waals surface area contributed by atoms with Crippen molar-refractivity contribution in [3.05, 3.63) is 52.5 Å². The molecule has 0 aliphatic carbocycles. The number of rotatable bonds is 3. The first-order valence-corrected chi connectivity index (χ1v) is 6.19. The third-order valence-electron chi connectivity index (χ3n) is 2.73. The summed E-state index contributed by atoms with van der Waals surface area (Å²) in [6, 6.07) is 8.05. The molecule has 0 unspecified atom stereocenters. The molecule has 0 heterocycles. The number of hydrogen-bond donors (Lipinski definition) is 4. The molecule has 0 saturated heterocycles. The molecule has 0 fully saturated rings. The maximum absolute atomic E-state index is 12.1. The molecule has 2 aromatic rings. The number of aromatic carboxylic acids is 1. The van der Waals surface area contributed by atoms with Crippen LogP contribution >= 0.6 is 11.6 Å². The Kier molecular flexibility index (Phi) is 4.00. The third kappa shape index (κ3) is 3.24. The van der Waals surface area contributed by atoms with Gasteiger partial charge in [0.1, 0.15) is 5.75 Å². The Bertz CT molecular complexity index is 731. The summed E-state index contributed by atoms with van der Waals surface area (Å²) in [4.78, 5) is 23.2. The van der Waals surface area contributed by atoms with Gasteiger partial charge in [-0.3, -0.25) is 4.79 Å². The van der Waals surface area contributed by atoms with Gasteiger partial charge in [0, 0.05) is 10.7 Å². The third-order valence-corrected chi connectivity index (χ3v) is 2.96. The van der Waals surface area contributed by atoms with Crippen LogP contribution in [0.25, 0.3) is 0 Å². The highest BCUT2D eigenvalue weighted by atomic mass is 35.5. The smallest absolute Gasteiger partial charge is 0.337 e. The summed E-state index contributed by atoms with van der Waals surface area (Å²) in [5.41, 5.74) is 5.64. The zero-order valence-electron chi connectivity index (χ0n) is 10.6. The lowest BCUT2D eigenvalue weighted by Gasteiger charge is -2.10. The van der Waals surface area contributed by atoms with Crippen LogP contribution in [-0.4, -0.2) is 22.1 Å². The number of benzene rings is 2. The Morgan fingerprint density at radius 1 is 1.10 bits per heavy atom. The van der Waals surface area contributed by atoms with Crippen molar-refractivity contribution in [1.29, 1.82) is 0 Å². The number of anilines is 2. The van der Waals surface area contributed by atoms with Crippen molar-refractivity contribution in [1.82, 2.24) is 0 Å². The molecule has 1 amide bonds. The summed E-state index contributed by atoms with van der Waals surface area (Å²) in [7, 11) is 0. The highest BCUT2D eigenvalue weighted by Gasteiger charge is 2.16. The van der Waals surface area contributed by atoms with Gasteiger partial charge >= 0.3 is 5.97 Å². The van der Waals surface area contributed by atoms with E-state index in [9.17, 15) is 14.7 Å². The zero-order chi connectivity index (χ0) is 15.6. The van der Waals surface area contributed by atoms with Crippen LogP contribution in [0.3, 0.4) is 0 Å². The highest BCUT2D eigenvalue weighted by Crippen LogP contribution is 2.24. The molecular weight excluding hydrogens is 296 g/mol. The number of carbonyl (C=O) groups is 2. The number of phenolic OH excluding ortho intramolecular Hbond substituents is 1. The van der Waals surface area contributed by atoms with Gasteiger partial charge in [-0.2, -0.15) is 0 Å². The van der Waals surface area contributed by atoms with Gasteiger partial charge in [0.2, 0.25) is 0 Å². The van der Waals surface area contributed by atoms with Crippen LogP contribution in [0, 0.1) is 0 Å². The van der Waals surface area contributed by atoms with Crippen LogP contribution in [0.2, 0.25) is 5.02 Å². The monoisotopic (exact) mass is 306 g/mol. The van der Waals surface area contributed by atoms with E-state index >= 15 is 0 Å². The predicted molar refractivity (Wildman–Crippen MR) is 78.9 cm³/mol. The van der Waals surface area contributed by atoms with Gasteiger partial charge in [-0.25, -0.2) is 4.79 Å². The Balaban J connectivity index is 2.36. The molecule has 7 heteroatoms. The lowest BCUT2D eigenvalue weighted by molar-refractivity contribution is 0.0698. The first-order chi connectivity index (χ1) is 9.88. The average molecular weight is 307 g/mol. The van der Waals surface area contributed by atoms with E-state index in [1.807, 2.05) is 0 Å². The van der Waals surface area contributed by atoms with Crippen molar-refractivity contribution in [2.75, 3.05) is 11.1 Å². The molecule has 6 nitrogen and oxygen atoms in total. The molecule has 2 rings (SSSR count). The average Bonchev–Trinajstić information content (AvgIpc) is 2.43. The van der Waals surface area contributed by atoms with Gasteiger partial charge in [0.05, 0.1) is 16.8 Å². The normalized spacial score (nSPS) is 10.1. The lowest BCUT2D eigenvalue weighted by Crippen LogP contribution is -2.15. The van der Waals surface area contributed by atoms with Crippen LogP contribution in [0.15, 0.2) is 36.4 Å². The van der Waals surface area contributed by atoms with Gasteiger partial charge in [-0.05, 0) is 36.4 Å². The molecular formula is C14H11ClN2O4. The fraction of sp³-hybridized carbons (Fsp3) is 0. The quantitative estimate of drug-likeness (QED) is 0.651. The number of nitrogen functional groups attached to an aromatic ring is 1. The molecule has 5 N–H and O–H groups in total. The van der Waals surface area contributed by atoms with Crippen molar-refractivity contribution < 1.29 is 19.8 Å². The minimum absolute atomic E-state index is 0.0596. The lowest BCUT2D eigenvalue weighted by atomic mass is 10.1. The van der Waals surface area contributed by atoms with E-state index in [1.54, 1.807) is 0 Å². The second-order valence-corrected chi connectivity index (χ2v) is 4.66. The molecule has 108 valence electrons. The van der Waals surface area contributed by atoms with Crippen molar-refractivity contribution in [3.63, 3.8) is 0 Å². The number of phenols is 1. The van der Waals surface area contributed by atoms with E-state index in [0.29, 0.717) is 0 Å². The standard InChI is InChI=1S/C14H11ClN2O4/c15-7-1-4-12(18)10(5-7)13(19)17-11-3-2-8(16)6-9(11)14(20)21/h1-6,18H,16H2,(H,17,19)(H,20,21). The number of hydrogen-bond acceptors (Lipinski definition) is 4. The number of carbonyl (C=O) groups excluding carboxylic acids is 1. The van der Waals surface area contributed by atoms with Gasteiger partial charge in [-0.1, -0.05) is 11.6 Å². The molecule has 0 aliphatic heterocycles. The number of amides is 1. The fourth-order valence-electron chi connectivity index (χ4n) is 1.73. The minimum Gasteiger partial charge on any atom is -0.507 e. The van der Waals surface area contributed by atoms with Crippen molar-refractivity contribution in [2.45, 2.75) is 0 Å². The molecule has 0 spiro atoms. The number of carboxylic acid groups (broad SMARTS) is 1. The number of nitrogens with two attached hydrogens (primary N) is 1. The summed E-state index contributed by atoms with van der Waals surface area (Å²) in [5.74, 6) is -2.17. The van der Waals surface area contributed by atoms with Crippen LogP contribution < -0.4 is 11.1 Å². The van der Waals surface area contributed by atoms with Gasteiger partial charge in [-0.15, -0.1) is 0 Å². The fourth-order valence-corrected chi connectivity index (χ4v) is 1.90. The van der Waals surface area contributed by atoms with E-state index in [-0.39, 0.29) is 33.3 Å². The summed E-state index contributed by atoms with van der Waals surface area (Å²) in [5, 5.41) is 21.4. The summed E-state index contributed by atoms with van der Waals surface area (Å²) in [6.45, 7) is 0. The summed E-state index contributed by atoms with van der Waals surface area (Å²) in [6.07, 6.45) is 0. The largest absolute Gasteiger partial charge is 0.507 e. The van der Waals surface area contributed by atoms with Crippen LogP contribution in [0.4, 0.5) is 11.4 Å². The number of aromatic hydroxyl groups is 1. The second-order valence-electron chi connectivity index (χ2n) is 4.23. The van der Waals surface area contributed by atoms with Gasteiger partial charge in [0.15, 0.2) is 0 Å². The molecule has 0 bridgehead atoms. The maximum Gasteiger partial charge on any atom is 0.337 e. The molecule has 21 heavy (non-hydrogen) atoms. The SMILES string of the molecule is Nc1ccc(NC(=O)c2cc(Cl)ccc2O)c(C(=O)O)c1. The maximum atomic E-state index is 12.1. The van der Waals surface area contributed by atoms with Crippen molar-refractivity contribution in [3.8, 4) is 5.75 Å². The number of halogens is 1. The molecule has 0 radical (unpaired) electrons. The molecule has 0 aromatic heterocycles. The zero-order valence-corrected chi connectivity index (χ0v) is 11.4. The van der Waals surface area contributed by atoms with E-state index in [2.05, 4.69) is 5.32 Å². The minimum atomic E-state index is -1.23. The summed E-state index contributed by atoms with van der Waals surface area (Å²) < 4.78 is 0. The predicted octanol–water partition coefficient (Wildman–Crippen LogP) is 2.58. The Morgan fingerprint density at radius 2 is 1.81 bits per heavy atom. The van der Waals surface area contributed by atoms with E-state index in [0.717, 1.165) is 0 Å². The van der Waals surface area contributed by atoms with E-state index < -0.39 is 11.9 Å². The summed E-state index contributed by atoms with van der Waals surface area (Å²) >= 11 is 5.76. The van der Waals surface area contributed by atoms with Crippen molar-refractivity contribution >= 4 is 34.9 Å². The highest BCUT2D eigenvalue weighted by molar-refractivity contribution is 6.31. The van der Waals surface area contributed by atoms with E-state index in [1.165, 1.54) is 36.4 Å². The molecule has 0 saturated carbocycles. The second kappa shape index (κ2) is 5.72.